The molecule has 2 bridgehead atoms. The zero-order chi connectivity index (χ0) is 14.8. The molecule has 2 heterocycles. The molecule has 0 spiro atoms. The van der Waals surface area contributed by atoms with Crippen LogP contribution in [0.25, 0.3) is 0 Å². The van der Waals surface area contributed by atoms with E-state index >= 15 is 0 Å². The summed E-state index contributed by atoms with van der Waals surface area (Å²) in [5.74, 6) is 0. The van der Waals surface area contributed by atoms with Gasteiger partial charge in [-0.15, -0.1) is 0 Å². The van der Waals surface area contributed by atoms with E-state index in [1.54, 1.807) is 0 Å². The summed E-state index contributed by atoms with van der Waals surface area (Å²) in [6, 6.07) is 8.54. The van der Waals surface area contributed by atoms with Gasteiger partial charge in [0.1, 0.15) is 0 Å². The fraction of sp³-hybridized carbons (Fsp3) is 0.667. The maximum atomic E-state index is 6.54. The van der Waals surface area contributed by atoms with Crippen LogP contribution in [0.15, 0.2) is 18.2 Å². The Morgan fingerprint density at radius 2 is 1.95 bits per heavy atom. The van der Waals surface area contributed by atoms with E-state index in [9.17, 15) is 0 Å². The lowest BCUT2D eigenvalue weighted by Crippen LogP contribution is -2.56. The number of fused-ring (bicyclic) bond motifs is 2. The maximum absolute atomic E-state index is 6.54. The quantitative estimate of drug-likeness (QED) is 0.878. The summed E-state index contributed by atoms with van der Waals surface area (Å²) in [7, 11) is 0. The van der Waals surface area contributed by atoms with E-state index in [4.69, 9.17) is 11.6 Å². The van der Waals surface area contributed by atoms with Crippen LogP contribution in [0.1, 0.15) is 51.0 Å². The summed E-state index contributed by atoms with van der Waals surface area (Å²) in [5.41, 5.74) is 2.50. The van der Waals surface area contributed by atoms with Gasteiger partial charge in [-0.3, -0.25) is 0 Å². The molecular formula is C18H27ClN2. The number of halogens is 1. The molecule has 1 aromatic carbocycles. The molecule has 1 aromatic rings. The van der Waals surface area contributed by atoms with Crippen molar-refractivity contribution in [3.63, 3.8) is 0 Å². The number of nitrogens with one attached hydrogen (secondary N) is 1. The number of anilines is 1. The van der Waals surface area contributed by atoms with Gasteiger partial charge in [0.15, 0.2) is 0 Å². The van der Waals surface area contributed by atoms with Crippen LogP contribution in [-0.2, 0) is 0 Å². The lowest BCUT2D eigenvalue weighted by atomic mass is 9.81. The molecule has 0 aliphatic carbocycles. The van der Waals surface area contributed by atoms with Crippen molar-refractivity contribution in [2.45, 2.75) is 70.5 Å². The first-order chi connectivity index (χ1) is 10.2. The number of hydrogen-bond acceptors (Lipinski definition) is 2. The summed E-state index contributed by atoms with van der Waals surface area (Å²) in [4.78, 5) is 2.63. The number of benzene rings is 1. The highest BCUT2D eigenvalue weighted by Crippen LogP contribution is 2.40. The highest BCUT2D eigenvalue weighted by Gasteiger charge is 2.38. The molecular weight excluding hydrogens is 280 g/mol. The first kappa shape index (κ1) is 15.2. The maximum Gasteiger partial charge on any atom is 0.0642 e. The topological polar surface area (TPSA) is 15.3 Å². The predicted octanol–water partition coefficient (Wildman–Crippen LogP) is 4.54. The summed E-state index contributed by atoms with van der Waals surface area (Å²) >= 11 is 6.54. The Morgan fingerprint density at radius 1 is 1.24 bits per heavy atom. The van der Waals surface area contributed by atoms with Crippen LogP contribution in [0.2, 0.25) is 5.02 Å². The van der Waals surface area contributed by atoms with Gasteiger partial charge in [-0.1, -0.05) is 24.6 Å². The van der Waals surface area contributed by atoms with Crippen molar-refractivity contribution in [1.82, 2.24) is 5.32 Å². The number of aryl methyl sites for hydroxylation is 1. The van der Waals surface area contributed by atoms with E-state index in [2.05, 4.69) is 42.3 Å². The van der Waals surface area contributed by atoms with Crippen LogP contribution >= 0.6 is 11.6 Å². The van der Waals surface area contributed by atoms with E-state index in [0.717, 1.165) is 11.6 Å². The van der Waals surface area contributed by atoms with Crippen molar-refractivity contribution in [3.8, 4) is 0 Å². The van der Waals surface area contributed by atoms with Gasteiger partial charge in [0.05, 0.1) is 10.7 Å². The van der Waals surface area contributed by atoms with E-state index in [1.165, 1.54) is 49.8 Å². The molecule has 3 rings (SSSR count). The standard InChI is InChI=1S/C18H27ClN2/c1-3-9-20-14-11-15-5-4-6-16(12-14)21(15)18-8-7-13(2)10-17(18)19/h7-8,10,14-16,20H,3-6,9,11-12H2,1-2H3. The van der Waals surface area contributed by atoms with Crippen molar-refractivity contribution >= 4 is 17.3 Å². The molecule has 2 fully saturated rings. The minimum Gasteiger partial charge on any atom is -0.364 e. The van der Waals surface area contributed by atoms with Gasteiger partial charge in [-0.2, -0.15) is 0 Å². The second kappa shape index (κ2) is 6.58. The van der Waals surface area contributed by atoms with E-state index in [-0.39, 0.29) is 0 Å². The van der Waals surface area contributed by atoms with E-state index in [1.807, 2.05) is 0 Å². The van der Waals surface area contributed by atoms with Crippen LogP contribution in [-0.4, -0.2) is 24.7 Å². The van der Waals surface area contributed by atoms with Crippen LogP contribution in [0.4, 0.5) is 5.69 Å². The van der Waals surface area contributed by atoms with Crippen molar-refractivity contribution in [3.05, 3.63) is 28.8 Å². The zero-order valence-corrected chi connectivity index (χ0v) is 14.0. The molecule has 21 heavy (non-hydrogen) atoms. The molecule has 2 saturated heterocycles. The van der Waals surface area contributed by atoms with Crippen molar-refractivity contribution in [2.24, 2.45) is 0 Å². The molecule has 0 radical (unpaired) electrons. The highest BCUT2D eigenvalue weighted by atomic mass is 35.5. The number of rotatable bonds is 4. The highest BCUT2D eigenvalue weighted by molar-refractivity contribution is 6.33. The fourth-order valence-corrected chi connectivity index (χ4v) is 4.44. The van der Waals surface area contributed by atoms with Crippen molar-refractivity contribution in [1.29, 1.82) is 0 Å². The van der Waals surface area contributed by atoms with Crippen LogP contribution in [0.5, 0.6) is 0 Å². The van der Waals surface area contributed by atoms with Gasteiger partial charge in [0.2, 0.25) is 0 Å². The molecule has 2 unspecified atom stereocenters. The Bertz CT molecular complexity index is 474. The molecule has 2 aliphatic rings. The summed E-state index contributed by atoms with van der Waals surface area (Å²) < 4.78 is 0. The Labute approximate surface area is 133 Å². The summed E-state index contributed by atoms with van der Waals surface area (Å²) in [6.45, 7) is 5.50. The molecule has 2 aliphatic heterocycles. The number of nitrogens with zero attached hydrogens (tertiary/aromatic N) is 1. The summed E-state index contributed by atoms with van der Waals surface area (Å²) in [6.07, 6.45) is 7.74. The SMILES string of the molecule is CCCNC1CC2CCCC(C1)N2c1ccc(C)cc1Cl. The van der Waals surface area contributed by atoms with Gasteiger partial charge in [0.25, 0.3) is 0 Å². The Kier molecular flexibility index (Phi) is 4.75. The second-order valence-corrected chi connectivity index (χ2v) is 7.13. The largest absolute Gasteiger partial charge is 0.364 e. The minimum atomic E-state index is 0.659. The molecule has 0 aromatic heterocycles. The molecule has 2 atom stereocenters. The van der Waals surface area contributed by atoms with Crippen molar-refractivity contribution < 1.29 is 0 Å². The number of piperidine rings is 2. The third-order valence-corrected chi connectivity index (χ3v) is 5.34. The fourth-order valence-electron chi connectivity index (χ4n) is 4.11. The van der Waals surface area contributed by atoms with Crippen LogP contribution in [0.3, 0.4) is 0 Å². The molecule has 0 saturated carbocycles. The first-order valence-electron chi connectivity index (χ1n) is 8.47. The second-order valence-electron chi connectivity index (χ2n) is 6.72. The zero-order valence-electron chi connectivity index (χ0n) is 13.2. The van der Waals surface area contributed by atoms with Gasteiger partial charge in [-0.25, -0.2) is 0 Å². The minimum absolute atomic E-state index is 0.659. The molecule has 1 N–H and O–H groups in total. The van der Waals surface area contributed by atoms with Crippen LogP contribution in [0, 0.1) is 6.92 Å². The Balaban J connectivity index is 1.80. The van der Waals surface area contributed by atoms with Crippen LogP contribution < -0.4 is 10.2 Å². The number of hydrogen-bond donors (Lipinski definition) is 1. The predicted molar refractivity (Wildman–Crippen MR) is 91.4 cm³/mol. The molecule has 3 heteroatoms. The average molecular weight is 307 g/mol. The monoisotopic (exact) mass is 306 g/mol. The Hall–Kier alpha value is -0.730. The lowest BCUT2D eigenvalue weighted by Gasteiger charge is -2.50. The van der Waals surface area contributed by atoms with Gasteiger partial charge in [-0.05, 0) is 69.7 Å². The summed E-state index contributed by atoms with van der Waals surface area (Å²) in [5, 5.41) is 4.66. The Morgan fingerprint density at radius 3 is 2.57 bits per heavy atom. The third kappa shape index (κ3) is 3.22. The first-order valence-corrected chi connectivity index (χ1v) is 8.84. The van der Waals surface area contributed by atoms with Gasteiger partial charge >= 0.3 is 0 Å². The van der Waals surface area contributed by atoms with E-state index < -0.39 is 0 Å². The average Bonchev–Trinajstić information content (AvgIpc) is 2.44. The smallest absolute Gasteiger partial charge is 0.0642 e. The van der Waals surface area contributed by atoms with Gasteiger partial charge in [0, 0.05) is 18.1 Å². The van der Waals surface area contributed by atoms with Crippen molar-refractivity contribution in [2.75, 3.05) is 11.4 Å². The molecule has 2 nitrogen and oxygen atoms in total. The lowest BCUT2D eigenvalue weighted by molar-refractivity contribution is 0.246. The molecule has 116 valence electrons. The molecule has 0 amide bonds. The third-order valence-electron chi connectivity index (χ3n) is 5.04. The van der Waals surface area contributed by atoms with Gasteiger partial charge < -0.3 is 10.2 Å². The normalized spacial score (nSPS) is 28.7. The van der Waals surface area contributed by atoms with E-state index in [0.29, 0.717) is 18.1 Å².